The highest BCUT2D eigenvalue weighted by atomic mass is 35.5. The number of halogens is 4. The lowest BCUT2D eigenvalue weighted by Crippen LogP contribution is -2.33. The van der Waals surface area contributed by atoms with Crippen molar-refractivity contribution in [3.8, 4) is 11.3 Å². The van der Waals surface area contributed by atoms with Crippen LogP contribution < -0.4 is 0 Å². The number of alkyl halides is 3. The van der Waals surface area contributed by atoms with Gasteiger partial charge in [-0.1, -0.05) is 23.7 Å². The fourth-order valence-electron chi connectivity index (χ4n) is 3.17. The summed E-state index contributed by atoms with van der Waals surface area (Å²) < 4.78 is 41.3. The zero-order chi connectivity index (χ0) is 20.8. The Hall–Kier alpha value is -2.32. The summed E-state index contributed by atoms with van der Waals surface area (Å²) in [5.41, 5.74) is 0.419. The number of aromatic nitrogens is 2. The first-order valence-corrected chi connectivity index (χ1v) is 10.2. The van der Waals surface area contributed by atoms with Crippen LogP contribution in [0.2, 0.25) is 5.02 Å². The molecule has 0 aliphatic heterocycles. The predicted octanol–water partition coefficient (Wildman–Crippen LogP) is 5.63. The standard InChI is InChI=1S/C20H17ClF3N3OS/c1-26-8-15(16(9-26)20(22,23)24)19(28)27(14-6-7-14)10-18-25-17(11-29-18)12-2-4-13(21)5-3-12/h2-5,8-9,11,14H,6-7,10H2,1H3. The molecule has 1 aliphatic carbocycles. The van der Waals surface area contributed by atoms with Crippen LogP contribution in [0.15, 0.2) is 42.0 Å². The molecule has 2 aromatic heterocycles. The molecular formula is C20H17ClF3N3OS. The normalized spacial score (nSPS) is 14.2. The summed E-state index contributed by atoms with van der Waals surface area (Å²) in [6.07, 6.45) is -0.822. The zero-order valence-corrected chi connectivity index (χ0v) is 17.0. The number of hydrogen-bond acceptors (Lipinski definition) is 3. The number of amides is 1. The maximum Gasteiger partial charge on any atom is 0.418 e. The van der Waals surface area contributed by atoms with Gasteiger partial charge in [-0.15, -0.1) is 11.3 Å². The molecule has 0 atom stereocenters. The van der Waals surface area contributed by atoms with E-state index in [-0.39, 0.29) is 18.2 Å². The van der Waals surface area contributed by atoms with Gasteiger partial charge in [-0.3, -0.25) is 4.79 Å². The van der Waals surface area contributed by atoms with Crippen molar-refractivity contribution in [3.63, 3.8) is 0 Å². The molecule has 1 aromatic carbocycles. The van der Waals surface area contributed by atoms with Gasteiger partial charge in [0, 0.05) is 41.4 Å². The number of carbonyl (C=O) groups excluding carboxylic acids is 1. The van der Waals surface area contributed by atoms with Gasteiger partial charge in [0.05, 0.1) is 23.4 Å². The molecule has 2 heterocycles. The smallest absolute Gasteiger partial charge is 0.356 e. The van der Waals surface area contributed by atoms with E-state index in [0.29, 0.717) is 10.0 Å². The predicted molar refractivity (Wildman–Crippen MR) is 106 cm³/mol. The summed E-state index contributed by atoms with van der Waals surface area (Å²) in [6.45, 7) is 0.188. The zero-order valence-electron chi connectivity index (χ0n) is 15.4. The van der Waals surface area contributed by atoms with Gasteiger partial charge in [0.2, 0.25) is 0 Å². The first kappa shape index (κ1) is 20.0. The molecule has 0 saturated heterocycles. The lowest BCUT2D eigenvalue weighted by atomic mass is 10.1. The number of rotatable bonds is 5. The van der Waals surface area contributed by atoms with Gasteiger partial charge in [-0.2, -0.15) is 13.2 Å². The molecule has 0 spiro atoms. The lowest BCUT2D eigenvalue weighted by molar-refractivity contribution is -0.138. The fourth-order valence-corrected chi connectivity index (χ4v) is 4.10. The number of carbonyl (C=O) groups is 1. The molecule has 0 N–H and O–H groups in total. The Morgan fingerprint density at radius 1 is 1.28 bits per heavy atom. The number of aryl methyl sites for hydroxylation is 1. The fraction of sp³-hybridized carbons (Fsp3) is 0.300. The number of hydrogen-bond donors (Lipinski definition) is 0. The molecule has 1 fully saturated rings. The maximum atomic E-state index is 13.3. The van der Waals surface area contributed by atoms with Gasteiger partial charge < -0.3 is 9.47 Å². The van der Waals surface area contributed by atoms with E-state index in [2.05, 4.69) is 4.98 Å². The highest BCUT2D eigenvalue weighted by Crippen LogP contribution is 2.36. The van der Waals surface area contributed by atoms with E-state index in [1.807, 2.05) is 17.5 Å². The van der Waals surface area contributed by atoms with E-state index in [0.717, 1.165) is 30.3 Å². The second-order valence-electron chi connectivity index (χ2n) is 7.05. The second kappa shape index (κ2) is 7.50. The largest absolute Gasteiger partial charge is 0.418 e. The molecular weight excluding hydrogens is 423 g/mol. The molecule has 1 amide bonds. The van der Waals surface area contributed by atoms with Crippen molar-refractivity contribution in [2.75, 3.05) is 0 Å². The van der Waals surface area contributed by atoms with Gasteiger partial charge >= 0.3 is 6.18 Å². The Kier molecular flexibility index (Phi) is 5.16. The average molecular weight is 440 g/mol. The minimum Gasteiger partial charge on any atom is -0.356 e. The SMILES string of the molecule is Cn1cc(C(=O)N(Cc2nc(-c3ccc(Cl)cc3)cs2)C2CC2)c(C(F)(F)F)c1. The van der Waals surface area contributed by atoms with E-state index in [4.69, 9.17) is 11.6 Å². The quantitative estimate of drug-likeness (QED) is 0.517. The highest BCUT2D eigenvalue weighted by molar-refractivity contribution is 7.09. The summed E-state index contributed by atoms with van der Waals surface area (Å²) in [5, 5.41) is 3.18. The van der Waals surface area contributed by atoms with Crippen LogP contribution >= 0.6 is 22.9 Å². The topological polar surface area (TPSA) is 38.1 Å². The van der Waals surface area contributed by atoms with Crippen molar-refractivity contribution < 1.29 is 18.0 Å². The number of benzene rings is 1. The lowest BCUT2D eigenvalue weighted by Gasteiger charge is -2.22. The van der Waals surface area contributed by atoms with Crippen LogP contribution in [0.5, 0.6) is 0 Å². The van der Waals surface area contributed by atoms with Crippen molar-refractivity contribution in [1.29, 1.82) is 0 Å². The second-order valence-corrected chi connectivity index (χ2v) is 8.43. The highest BCUT2D eigenvalue weighted by Gasteiger charge is 2.40. The van der Waals surface area contributed by atoms with Crippen LogP contribution in [0.3, 0.4) is 0 Å². The molecule has 4 nitrogen and oxygen atoms in total. The van der Waals surface area contributed by atoms with Crippen molar-refractivity contribution >= 4 is 28.8 Å². The number of nitrogens with zero attached hydrogens (tertiary/aromatic N) is 3. The Balaban J connectivity index is 1.58. The first-order chi connectivity index (χ1) is 13.7. The number of thiazole rings is 1. The molecule has 3 aromatic rings. The molecule has 1 aliphatic rings. The molecule has 9 heteroatoms. The van der Waals surface area contributed by atoms with Gasteiger partial charge in [-0.05, 0) is 25.0 Å². The van der Waals surface area contributed by atoms with Gasteiger partial charge in [0.15, 0.2) is 0 Å². The Bertz CT molecular complexity index is 1040. The maximum absolute atomic E-state index is 13.3. The molecule has 0 unspecified atom stereocenters. The minimum absolute atomic E-state index is 0.0494. The van der Waals surface area contributed by atoms with E-state index in [1.54, 1.807) is 12.1 Å². The van der Waals surface area contributed by atoms with Gasteiger partial charge in [-0.25, -0.2) is 4.98 Å². The van der Waals surface area contributed by atoms with Crippen molar-refractivity contribution in [3.05, 3.63) is 63.2 Å². The summed E-state index contributed by atoms with van der Waals surface area (Å²) in [6, 6.07) is 7.19. The molecule has 29 heavy (non-hydrogen) atoms. The summed E-state index contributed by atoms with van der Waals surface area (Å²) in [5.74, 6) is -0.608. The van der Waals surface area contributed by atoms with Gasteiger partial charge in [0.25, 0.3) is 5.91 Å². The van der Waals surface area contributed by atoms with Crippen LogP contribution in [0.25, 0.3) is 11.3 Å². The van der Waals surface area contributed by atoms with Crippen molar-refractivity contribution in [2.24, 2.45) is 7.05 Å². The average Bonchev–Trinajstić information content (AvgIpc) is 3.25. The van der Waals surface area contributed by atoms with Crippen LogP contribution in [0, 0.1) is 0 Å². The summed E-state index contributed by atoms with van der Waals surface area (Å²) in [7, 11) is 1.48. The minimum atomic E-state index is -4.58. The van der Waals surface area contributed by atoms with Crippen LogP contribution in [0.1, 0.15) is 33.8 Å². The van der Waals surface area contributed by atoms with Crippen LogP contribution in [-0.4, -0.2) is 26.4 Å². The Morgan fingerprint density at radius 3 is 2.59 bits per heavy atom. The van der Waals surface area contributed by atoms with Gasteiger partial charge in [0.1, 0.15) is 5.01 Å². The third kappa shape index (κ3) is 4.33. The van der Waals surface area contributed by atoms with Crippen LogP contribution in [0.4, 0.5) is 13.2 Å². The van der Waals surface area contributed by atoms with Crippen LogP contribution in [-0.2, 0) is 19.8 Å². The molecule has 152 valence electrons. The monoisotopic (exact) mass is 439 g/mol. The molecule has 0 radical (unpaired) electrons. The molecule has 1 saturated carbocycles. The first-order valence-electron chi connectivity index (χ1n) is 8.97. The Labute approximate surface area is 174 Å². The summed E-state index contributed by atoms with van der Waals surface area (Å²) in [4.78, 5) is 19.1. The Morgan fingerprint density at radius 2 is 1.97 bits per heavy atom. The van der Waals surface area contributed by atoms with E-state index >= 15 is 0 Å². The third-order valence-electron chi connectivity index (χ3n) is 4.74. The molecule has 4 rings (SSSR count). The van der Waals surface area contributed by atoms with E-state index in [1.165, 1.54) is 34.0 Å². The third-order valence-corrected chi connectivity index (χ3v) is 5.82. The van der Waals surface area contributed by atoms with E-state index in [9.17, 15) is 18.0 Å². The van der Waals surface area contributed by atoms with Crippen molar-refractivity contribution in [1.82, 2.24) is 14.5 Å². The van der Waals surface area contributed by atoms with Crippen molar-refractivity contribution in [2.45, 2.75) is 31.6 Å². The molecule has 0 bridgehead atoms. The summed E-state index contributed by atoms with van der Waals surface area (Å²) >= 11 is 7.30. The van der Waals surface area contributed by atoms with E-state index < -0.39 is 17.6 Å².